The highest BCUT2D eigenvalue weighted by Crippen LogP contribution is 2.21. The molecule has 2 heterocycles. The van der Waals surface area contributed by atoms with Crippen molar-refractivity contribution in [2.45, 2.75) is 32.2 Å². The second-order valence-corrected chi connectivity index (χ2v) is 4.27. The Kier molecular flexibility index (Phi) is 2.60. The van der Waals surface area contributed by atoms with Crippen molar-refractivity contribution in [1.29, 1.82) is 0 Å². The molecule has 2 aromatic heterocycles. The first kappa shape index (κ1) is 10.4. The van der Waals surface area contributed by atoms with Gasteiger partial charge < -0.3 is 5.73 Å². The number of nitrogens with two attached hydrogens (primary N) is 1. The fourth-order valence-corrected chi connectivity index (χ4v) is 2.26. The Hall–Kier alpha value is -1.75. The maximum atomic E-state index is 5.59. The van der Waals surface area contributed by atoms with E-state index in [-0.39, 0.29) is 0 Å². The molecule has 0 spiro atoms. The van der Waals surface area contributed by atoms with Crippen LogP contribution < -0.4 is 5.73 Å². The molecular formula is C12H15N5. The van der Waals surface area contributed by atoms with Gasteiger partial charge in [-0.05, 0) is 31.7 Å². The smallest absolute Gasteiger partial charge is 0.235 e. The standard InChI is InChI=1S/C12H15N5/c13-7-9-5-6-14-12(16-9)17-8-15-10-3-1-2-4-11(10)17/h5-6,8H,1-4,7,13H2. The van der Waals surface area contributed by atoms with Gasteiger partial charge in [-0.2, -0.15) is 0 Å². The number of hydrogen-bond acceptors (Lipinski definition) is 4. The summed E-state index contributed by atoms with van der Waals surface area (Å²) in [5, 5.41) is 0. The fourth-order valence-electron chi connectivity index (χ4n) is 2.26. The lowest BCUT2D eigenvalue weighted by atomic mass is 10.0. The Morgan fingerprint density at radius 2 is 2.12 bits per heavy atom. The SMILES string of the molecule is NCc1ccnc(-n2cnc3c2CCCC3)n1. The van der Waals surface area contributed by atoms with Crippen LogP contribution in [0, 0.1) is 0 Å². The highest BCUT2D eigenvalue weighted by atomic mass is 15.2. The van der Waals surface area contributed by atoms with Gasteiger partial charge in [0.05, 0.1) is 11.4 Å². The van der Waals surface area contributed by atoms with Crippen molar-refractivity contribution in [2.24, 2.45) is 5.73 Å². The molecule has 1 aliphatic carbocycles. The van der Waals surface area contributed by atoms with Gasteiger partial charge in [0.15, 0.2) is 0 Å². The van der Waals surface area contributed by atoms with Crippen LogP contribution in [-0.4, -0.2) is 19.5 Å². The molecule has 0 aliphatic heterocycles. The van der Waals surface area contributed by atoms with Crippen molar-refractivity contribution in [2.75, 3.05) is 0 Å². The molecule has 5 nitrogen and oxygen atoms in total. The zero-order valence-electron chi connectivity index (χ0n) is 9.63. The normalized spacial score (nSPS) is 14.6. The molecule has 0 saturated carbocycles. The van der Waals surface area contributed by atoms with Crippen LogP contribution in [0.3, 0.4) is 0 Å². The number of aryl methyl sites for hydroxylation is 1. The highest BCUT2D eigenvalue weighted by Gasteiger charge is 2.17. The molecule has 0 bridgehead atoms. The summed E-state index contributed by atoms with van der Waals surface area (Å²) in [5.74, 6) is 0.684. The maximum Gasteiger partial charge on any atom is 0.235 e. The largest absolute Gasteiger partial charge is 0.325 e. The lowest BCUT2D eigenvalue weighted by Gasteiger charge is -2.13. The molecule has 0 radical (unpaired) electrons. The van der Waals surface area contributed by atoms with Crippen LogP contribution in [0.2, 0.25) is 0 Å². The third kappa shape index (κ3) is 1.82. The Morgan fingerprint density at radius 3 is 3.00 bits per heavy atom. The van der Waals surface area contributed by atoms with Crippen LogP contribution in [0.15, 0.2) is 18.6 Å². The predicted molar refractivity (Wildman–Crippen MR) is 63.7 cm³/mol. The minimum absolute atomic E-state index is 0.437. The van der Waals surface area contributed by atoms with Crippen molar-refractivity contribution in [3.8, 4) is 5.95 Å². The number of hydrogen-bond donors (Lipinski definition) is 1. The van der Waals surface area contributed by atoms with Gasteiger partial charge in [-0.1, -0.05) is 0 Å². The molecule has 3 rings (SSSR count). The number of imidazole rings is 1. The van der Waals surface area contributed by atoms with Gasteiger partial charge in [-0.15, -0.1) is 0 Å². The minimum Gasteiger partial charge on any atom is -0.325 e. The highest BCUT2D eigenvalue weighted by molar-refractivity contribution is 5.25. The van der Waals surface area contributed by atoms with Gasteiger partial charge in [0.25, 0.3) is 0 Å². The van der Waals surface area contributed by atoms with E-state index in [1.807, 2.05) is 17.0 Å². The monoisotopic (exact) mass is 229 g/mol. The molecular weight excluding hydrogens is 214 g/mol. The number of aromatic nitrogens is 4. The summed E-state index contributed by atoms with van der Waals surface area (Å²) in [7, 11) is 0. The van der Waals surface area contributed by atoms with E-state index in [1.54, 1.807) is 6.20 Å². The van der Waals surface area contributed by atoms with Gasteiger partial charge in [0.1, 0.15) is 6.33 Å². The van der Waals surface area contributed by atoms with E-state index in [0.29, 0.717) is 12.5 Å². The Bertz CT molecular complexity index is 531. The van der Waals surface area contributed by atoms with Crippen molar-refractivity contribution in [3.63, 3.8) is 0 Å². The van der Waals surface area contributed by atoms with E-state index in [4.69, 9.17) is 5.73 Å². The molecule has 0 saturated heterocycles. The Labute approximate surface area is 99.7 Å². The van der Waals surface area contributed by atoms with Crippen LogP contribution in [0.1, 0.15) is 29.9 Å². The third-order valence-corrected chi connectivity index (χ3v) is 3.16. The summed E-state index contributed by atoms with van der Waals surface area (Å²) in [6.45, 7) is 0.437. The summed E-state index contributed by atoms with van der Waals surface area (Å²) in [6, 6.07) is 1.84. The van der Waals surface area contributed by atoms with E-state index < -0.39 is 0 Å². The molecule has 2 N–H and O–H groups in total. The molecule has 5 heteroatoms. The Morgan fingerprint density at radius 1 is 1.24 bits per heavy atom. The lowest BCUT2D eigenvalue weighted by Crippen LogP contribution is -2.10. The molecule has 0 unspecified atom stereocenters. The second kappa shape index (κ2) is 4.25. The first-order valence-electron chi connectivity index (χ1n) is 5.96. The first-order valence-corrected chi connectivity index (χ1v) is 5.96. The van der Waals surface area contributed by atoms with Crippen molar-refractivity contribution < 1.29 is 0 Å². The van der Waals surface area contributed by atoms with Gasteiger partial charge in [-0.25, -0.2) is 15.0 Å². The van der Waals surface area contributed by atoms with Crippen molar-refractivity contribution in [1.82, 2.24) is 19.5 Å². The van der Waals surface area contributed by atoms with E-state index in [2.05, 4.69) is 15.0 Å². The number of fused-ring (bicyclic) bond motifs is 1. The second-order valence-electron chi connectivity index (χ2n) is 4.27. The maximum absolute atomic E-state index is 5.59. The molecule has 88 valence electrons. The average Bonchev–Trinajstić information content (AvgIpc) is 2.82. The summed E-state index contributed by atoms with van der Waals surface area (Å²) >= 11 is 0. The topological polar surface area (TPSA) is 69.6 Å². The zero-order chi connectivity index (χ0) is 11.7. The van der Waals surface area contributed by atoms with Crippen LogP contribution in [0.5, 0.6) is 0 Å². The number of rotatable bonds is 2. The zero-order valence-corrected chi connectivity index (χ0v) is 9.63. The number of nitrogens with zero attached hydrogens (tertiary/aromatic N) is 4. The van der Waals surface area contributed by atoms with Crippen molar-refractivity contribution in [3.05, 3.63) is 35.7 Å². The summed E-state index contributed by atoms with van der Waals surface area (Å²) in [5.41, 5.74) is 8.90. The van der Waals surface area contributed by atoms with E-state index in [9.17, 15) is 0 Å². The predicted octanol–water partition coefficient (Wildman–Crippen LogP) is 1.000. The molecule has 0 atom stereocenters. The third-order valence-electron chi connectivity index (χ3n) is 3.16. The molecule has 17 heavy (non-hydrogen) atoms. The van der Waals surface area contributed by atoms with Gasteiger partial charge >= 0.3 is 0 Å². The quantitative estimate of drug-likeness (QED) is 0.834. The van der Waals surface area contributed by atoms with Crippen LogP contribution in [0.4, 0.5) is 0 Å². The van der Waals surface area contributed by atoms with Crippen LogP contribution in [0.25, 0.3) is 5.95 Å². The first-order chi connectivity index (χ1) is 8.38. The summed E-state index contributed by atoms with van der Waals surface area (Å²) in [4.78, 5) is 13.2. The van der Waals surface area contributed by atoms with E-state index in [0.717, 1.165) is 18.5 Å². The van der Waals surface area contributed by atoms with E-state index in [1.165, 1.54) is 24.2 Å². The average molecular weight is 229 g/mol. The molecule has 0 fully saturated rings. The lowest BCUT2D eigenvalue weighted by molar-refractivity contribution is 0.651. The Balaban J connectivity index is 2.05. The molecule has 2 aromatic rings. The summed E-state index contributed by atoms with van der Waals surface area (Å²) in [6.07, 6.45) is 8.15. The fraction of sp³-hybridized carbons (Fsp3) is 0.417. The molecule has 0 amide bonds. The van der Waals surface area contributed by atoms with Crippen LogP contribution in [-0.2, 0) is 19.4 Å². The van der Waals surface area contributed by atoms with Gasteiger partial charge in [0.2, 0.25) is 5.95 Å². The van der Waals surface area contributed by atoms with Crippen LogP contribution >= 0.6 is 0 Å². The minimum atomic E-state index is 0.437. The van der Waals surface area contributed by atoms with E-state index >= 15 is 0 Å². The van der Waals surface area contributed by atoms with Gasteiger partial charge in [0, 0.05) is 18.4 Å². The summed E-state index contributed by atoms with van der Waals surface area (Å²) < 4.78 is 1.99. The van der Waals surface area contributed by atoms with Crippen molar-refractivity contribution >= 4 is 0 Å². The van der Waals surface area contributed by atoms with Gasteiger partial charge in [-0.3, -0.25) is 4.57 Å². The molecule has 1 aliphatic rings. The molecule has 0 aromatic carbocycles.